The summed E-state index contributed by atoms with van der Waals surface area (Å²) in [6.45, 7) is 6.09. The SMILES string of the molecule is CCc1noc(CN(C)C(=O)CCc2nc3sc(C)c(C)c3c(=O)[nH]2)n1. The van der Waals surface area contributed by atoms with Crippen LogP contribution in [0, 0.1) is 13.8 Å². The molecule has 3 aromatic rings. The van der Waals surface area contributed by atoms with Crippen LogP contribution in [0.25, 0.3) is 10.2 Å². The van der Waals surface area contributed by atoms with Crippen LogP contribution in [-0.2, 0) is 24.2 Å². The van der Waals surface area contributed by atoms with Crippen LogP contribution in [0.15, 0.2) is 9.32 Å². The number of carbonyl (C=O) groups is 1. The Morgan fingerprint density at radius 2 is 2.08 bits per heavy atom. The van der Waals surface area contributed by atoms with Crippen LogP contribution >= 0.6 is 11.3 Å². The molecule has 0 aliphatic rings. The highest BCUT2D eigenvalue weighted by Crippen LogP contribution is 2.25. The molecule has 1 N–H and O–H groups in total. The van der Waals surface area contributed by atoms with Gasteiger partial charge < -0.3 is 14.4 Å². The first-order valence-electron chi connectivity index (χ1n) is 8.43. The van der Waals surface area contributed by atoms with Gasteiger partial charge in [0.25, 0.3) is 5.56 Å². The Labute approximate surface area is 154 Å². The number of aryl methyl sites for hydroxylation is 4. The molecule has 0 saturated heterocycles. The van der Waals surface area contributed by atoms with Gasteiger partial charge >= 0.3 is 0 Å². The van der Waals surface area contributed by atoms with Crippen molar-refractivity contribution in [2.75, 3.05) is 7.05 Å². The highest BCUT2D eigenvalue weighted by molar-refractivity contribution is 7.18. The molecule has 0 aromatic carbocycles. The number of hydrogen-bond acceptors (Lipinski definition) is 7. The number of aromatic amines is 1. The van der Waals surface area contributed by atoms with Gasteiger partial charge in [-0.05, 0) is 19.4 Å². The van der Waals surface area contributed by atoms with Crippen LogP contribution in [0.5, 0.6) is 0 Å². The van der Waals surface area contributed by atoms with Gasteiger partial charge in [-0.3, -0.25) is 9.59 Å². The molecular weight excluding hydrogens is 354 g/mol. The van der Waals surface area contributed by atoms with Gasteiger partial charge in [-0.15, -0.1) is 11.3 Å². The fourth-order valence-corrected chi connectivity index (χ4v) is 3.67. The van der Waals surface area contributed by atoms with E-state index in [0.717, 1.165) is 15.3 Å². The van der Waals surface area contributed by atoms with E-state index in [0.29, 0.717) is 35.8 Å². The number of aromatic nitrogens is 4. The first-order chi connectivity index (χ1) is 12.4. The maximum atomic E-state index is 12.3. The van der Waals surface area contributed by atoms with E-state index in [9.17, 15) is 9.59 Å². The van der Waals surface area contributed by atoms with E-state index in [-0.39, 0.29) is 24.4 Å². The molecule has 0 radical (unpaired) electrons. The zero-order valence-corrected chi connectivity index (χ0v) is 16.1. The standard InChI is InChI=1S/C17H21N5O3S/c1-5-11-18-13(25-21-11)8-22(4)14(23)7-6-12-19-16(24)15-9(2)10(3)26-17(15)20-12/h5-8H2,1-4H3,(H,19,20,24). The van der Waals surface area contributed by atoms with Crippen molar-refractivity contribution in [2.45, 2.75) is 46.6 Å². The molecule has 9 heteroatoms. The van der Waals surface area contributed by atoms with Crippen molar-refractivity contribution in [2.24, 2.45) is 0 Å². The number of nitrogens with one attached hydrogen (secondary N) is 1. The summed E-state index contributed by atoms with van der Waals surface area (Å²) in [5, 5.41) is 4.46. The second kappa shape index (κ2) is 7.36. The second-order valence-corrected chi connectivity index (χ2v) is 7.39. The molecule has 0 atom stereocenters. The van der Waals surface area contributed by atoms with E-state index >= 15 is 0 Å². The fraction of sp³-hybridized carbons (Fsp3) is 0.471. The predicted octanol–water partition coefficient (Wildman–Crippen LogP) is 2.14. The Bertz CT molecular complexity index is 1000. The van der Waals surface area contributed by atoms with Crippen molar-refractivity contribution in [1.29, 1.82) is 0 Å². The highest BCUT2D eigenvalue weighted by Gasteiger charge is 2.16. The van der Waals surface area contributed by atoms with E-state index in [1.807, 2.05) is 20.8 Å². The Hall–Kier alpha value is -2.55. The molecule has 26 heavy (non-hydrogen) atoms. The number of fused-ring (bicyclic) bond motifs is 1. The molecule has 0 saturated carbocycles. The zero-order chi connectivity index (χ0) is 18.8. The van der Waals surface area contributed by atoms with Crippen LogP contribution in [0.1, 0.15) is 41.3 Å². The number of carbonyl (C=O) groups excluding carboxylic acids is 1. The lowest BCUT2D eigenvalue weighted by Gasteiger charge is -2.14. The Kier molecular flexibility index (Phi) is 5.17. The van der Waals surface area contributed by atoms with Gasteiger partial charge in [0.15, 0.2) is 5.82 Å². The summed E-state index contributed by atoms with van der Waals surface area (Å²) >= 11 is 1.50. The van der Waals surface area contributed by atoms with Gasteiger partial charge in [-0.25, -0.2) is 4.98 Å². The number of hydrogen-bond donors (Lipinski definition) is 1. The molecule has 0 spiro atoms. The minimum absolute atomic E-state index is 0.0810. The Morgan fingerprint density at radius 1 is 1.31 bits per heavy atom. The molecular formula is C17H21N5O3S. The number of rotatable bonds is 6. The molecule has 3 aromatic heterocycles. The van der Waals surface area contributed by atoms with Crippen LogP contribution in [0.4, 0.5) is 0 Å². The summed E-state index contributed by atoms with van der Waals surface area (Å²) in [4.78, 5) is 39.4. The third-order valence-corrected chi connectivity index (χ3v) is 5.39. The van der Waals surface area contributed by atoms with Crippen molar-refractivity contribution in [3.63, 3.8) is 0 Å². The molecule has 0 bridgehead atoms. The molecule has 3 rings (SSSR count). The van der Waals surface area contributed by atoms with E-state index in [4.69, 9.17) is 4.52 Å². The van der Waals surface area contributed by atoms with Crippen molar-refractivity contribution in [3.8, 4) is 0 Å². The fourth-order valence-electron chi connectivity index (χ4n) is 2.62. The second-order valence-electron chi connectivity index (χ2n) is 6.18. The summed E-state index contributed by atoms with van der Waals surface area (Å²) < 4.78 is 5.10. The van der Waals surface area contributed by atoms with Crippen LogP contribution in [0.3, 0.4) is 0 Å². The number of amides is 1. The highest BCUT2D eigenvalue weighted by atomic mass is 32.1. The summed E-state index contributed by atoms with van der Waals surface area (Å²) in [5.74, 6) is 1.48. The normalized spacial score (nSPS) is 11.2. The minimum atomic E-state index is -0.148. The molecule has 0 aliphatic carbocycles. The number of nitrogens with zero attached hydrogens (tertiary/aromatic N) is 4. The Morgan fingerprint density at radius 3 is 2.77 bits per heavy atom. The molecule has 0 unspecified atom stereocenters. The molecule has 3 heterocycles. The van der Waals surface area contributed by atoms with Crippen LogP contribution in [-0.4, -0.2) is 38.0 Å². The number of H-pyrrole nitrogens is 1. The third kappa shape index (κ3) is 3.67. The minimum Gasteiger partial charge on any atom is -0.337 e. The molecule has 8 nitrogen and oxygen atoms in total. The smallest absolute Gasteiger partial charge is 0.259 e. The van der Waals surface area contributed by atoms with Gasteiger partial charge in [0, 0.05) is 31.2 Å². The first kappa shape index (κ1) is 18.2. The van der Waals surface area contributed by atoms with Crippen LogP contribution in [0.2, 0.25) is 0 Å². The maximum Gasteiger partial charge on any atom is 0.259 e. The lowest BCUT2D eigenvalue weighted by atomic mass is 10.2. The van der Waals surface area contributed by atoms with E-state index in [1.165, 1.54) is 16.2 Å². The lowest BCUT2D eigenvalue weighted by molar-refractivity contribution is -0.130. The van der Waals surface area contributed by atoms with Crippen molar-refractivity contribution >= 4 is 27.5 Å². The largest absolute Gasteiger partial charge is 0.337 e. The van der Waals surface area contributed by atoms with E-state index in [2.05, 4.69) is 20.1 Å². The van der Waals surface area contributed by atoms with E-state index < -0.39 is 0 Å². The zero-order valence-electron chi connectivity index (χ0n) is 15.3. The van der Waals surface area contributed by atoms with Crippen molar-refractivity contribution < 1.29 is 9.32 Å². The van der Waals surface area contributed by atoms with Gasteiger partial charge in [0.2, 0.25) is 11.8 Å². The number of thiophene rings is 1. The summed E-state index contributed by atoms with van der Waals surface area (Å²) in [6, 6.07) is 0. The van der Waals surface area contributed by atoms with Crippen molar-refractivity contribution in [3.05, 3.63) is 38.3 Å². The monoisotopic (exact) mass is 375 g/mol. The predicted molar refractivity (Wildman–Crippen MR) is 98.2 cm³/mol. The van der Waals surface area contributed by atoms with Crippen molar-refractivity contribution in [1.82, 2.24) is 25.0 Å². The average Bonchev–Trinajstić information content (AvgIpc) is 3.17. The van der Waals surface area contributed by atoms with Gasteiger partial charge in [-0.2, -0.15) is 4.98 Å². The van der Waals surface area contributed by atoms with Crippen LogP contribution < -0.4 is 5.56 Å². The average molecular weight is 375 g/mol. The summed E-state index contributed by atoms with van der Waals surface area (Å²) in [6.07, 6.45) is 1.29. The van der Waals surface area contributed by atoms with Gasteiger partial charge in [0.1, 0.15) is 10.7 Å². The quantitative estimate of drug-likeness (QED) is 0.708. The summed E-state index contributed by atoms with van der Waals surface area (Å²) in [5.41, 5.74) is 0.817. The van der Waals surface area contributed by atoms with E-state index in [1.54, 1.807) is 7.05 Å². The van der Waals surface area contributed by atoms with Gasteiger partial charge in [-0.1, -0.05) is 12.1 Å². The third-order valence-electron chi connectivity index (χ3n) is 4.29. The Balaban J connectivity index is 1.65. The molecule has 1 amide bonds. The molecule has 0 fully saturated rings. The molecule has 0 aliphatic heterocycles. The summed E-state index contributed by atoms with van der Waals surface area (Å²) in [7, 11) is 1.68. The topological polar surface area (TPSA) is 105 Å². The maximum absolute atomic E-state index is 12.3. The first-order valence-corrected chi connectivity index (χ1v) is 9.25. The lowest BCUT2D eigenvalue weighted by Crippen LogP contribution is -2.27. The van der Waals surface area contributed by atoms with Gasteiger partial charge in [0.05, 0.1) is 11.9 Å². The molecule has 138 valence electrons.